The van der Waals surface area contributed by atoms with Crippen molar-refractivity contribution in [3.63, 3.8) is 0 Å². The van der Waals surface area contributed by atoms with Crippen LogP contribution >= 0.6 is 11.6 Å². The number of aryl methyl sites for hydroxylation is 1. The minimum Gasteiger partial charge on any atom is -0.503 e. The minimum atomic E-state index is -0.578. The highest BCUT2D eigenvalue weighted by molar-refractivity contribution is 6.32. The van der Waals surface area contributed by atoms with Gasteiger partial charge in [-0.05, 0) is 57.0 Å². The predicted molar refractivity (Wildman–Crippen MR) is 108 cm³/mol. The number of hydrogen-bond donors (Lipinski definition) is 2. The van der Waals surface area contributed by atoms with E-state index in [1.807, 2.05) is 6.07 Å². The van der Waals surface area contributed by atoms with Crippen molar-refractivity contribution in [2.75, 3.05) is 13.2 Å². The van der Waals surface area contributed by atoms with Gasteiger partial charge < -0.3 is 19.6 Å². The fourth-order valence-electron chi connectivity index (χ4n) is 2.88. The maximum Gasteiger partial charge on any atom is 0.340 e. The first kappa shape index (κ1) is 22.1. The molecule has 0 fully saturated rings. The Kier molecular flexibility index (Phi) is 7.08. The number of carbonyl (C=O) groups excluding carboxylic acids is 2. The lowest BCUT2D eigenvalue weighted by Gasteiger charge is -2.08. The number of aromatic hydroxyl groups is 1. The van der Waals surface area contributed by atoms with Crippen LogP contribution in [0.2, 0.25) is 5.02 Å². The van der Waals surface area contributed by atoms with Crippen LogP contribution in [-0.2, 0) is 4.74 Å². The first-order valence-electron chi connectivity index (χ1n) is 8.93. The Balaban J connectivity index is 2.49. The van der Waals surface area contributed by atoms with Gasteiger partial charge in [0.25, 0.3) is 0 Å². The molecule has 152 valence electrons. The number of aromatic amines is 1. The van der Waals surface area contributed by atoms with E-state index in [1.54, 1.807) is 27.7 Å². The molecule has 0 saturated carbocycles. The van der Waals surface area contributed by atoms with Crippen LogP contribution in [0.15, 0.2) is 17.7 Å². The molecule has 2 rings (SSSR count). The third kappa shape index (κ3) is 4.61. The molecule has 1 heterocycles. The number of carbonyl (C=O) groups is 2. The largest absolute Gasteiger partial charge is 0.503 e. The molecular weight excluding hydrogens is 396 g/mol. The molecule has 0 unspecified atom stereocenters. The van der Waals surface area contributed by atoms with Crippen molar-refractivity contribution in [2.45, 2.75) is 27.7 Å². The van der Waals surface area contributed by atoms with Crippen molar-refractivity contribution in [1.82, 2.24) is 4.98 Å². The molecule has 29 heavy (non-hydrogen) atoms. The Morgan fingerprint density at radius 2 is 1.97 bits per heavy atom. The number of phenolic OH excluding ortho intramolecular Hbond substituents is 1. The molecule has 0 aliphatic heterocycles. The maximum absolute atomic E-state index is 12.9. The van der Waals surface area contributed by atoms with Gasteiger partial charge in [-0.25, -0.2) is 4.79 Å². The second kappa shape index (κ2) is 9.30. The molecule has 7 nitrogen and oxygen atoms in total. The second-order valence-electron chi connectivity index (χ2n) is 6.13. The third-order valence-corrected chi connectivity index (χ3v) is 4.46. The number of aromatic nitrogens is 1. The summed E-state index contributed by atoms with van der Waals surface area (Å²) in [6.45, 7) is 7.22. The zero-order valence-corrected chi connectivity index (χ0v) is 17.3. The van der Waals surface area contributed by atoms with Gasteiger partial charge in [0.2, 0.25) is 5.78 Å². The normalized spacial score (nSPS) is 11.1. The number of ketones is 1. The fraction of sp³-hybridized carbons (Fsp3) is 0.286. The van der Waals surface area contributed by atoms with Crippen molar-refractivity contribution >= 4 is 29.4 Å². The van der Waals surface area contributed by atoms with Gasteiger partial charge in [-0.1, -0.05) is 11.6 Å². The lowest BCUT2D eigenvalue weighted by Crippen LogP contribution is -2.08. The summed E-state index contributed by atoms with van der Waals surface area (Å²) >= 11 is 6.01. The molecule has 0 bridgehead atoms. The molecule has 0 spiro atoms. The van der Waals surface area contributed by atoms with E-state index < -0.39 is 11.8 Å². The number of H-pyrrole nitrogens is 1. The average molecular weight is 417 g/mol. The molecule has 2 aromatic rings. The van der Waals surface area contributed by atoms with E-state index in [0.717, 1.165) is 0 Å². The van der Waals surface area contributed by atoms with Gasteiger partial charge in [0.15, 0.2) is 11.5 Å². The van der Waals surface area contributed by atoms with E-state index >= 15 is 0 Å². The van der Waals surface area contributed by atoms with Crippen LogP contribution in [0, 0.1) is 25.2 Å². The number of nitrogens with zero attached hydrogens (tertiary/aromatic N) is 1. The Morgan fingerprint density at radius 1 is 1.28 bits per heavy atom. The highest BCUT2D eigenvalue weighted by Gasteiger charge is 2.25. The highest BCUT2D eigenvalue weighted by Crippen LogP contribution is 2.36. The van der Waals surface area contributed by atoms with Crippen molar-refractivity contribution < 1.29 is 24.2 Å². The molecule has 8 heteroatoms. The van der Waals surface area contributed by atoms with Gasteiger partial charge in [-0.2, -0.15) is 5.26 Å². The molecule has 0 saturated heterocycles. The SMILES string of the molecule is CCOC(=O)c1c(C)[nH]c(C(=O)/C(C#N)=C/c2cc(Cl)c(O)c(OCC)c2)c1C. The lowest BCUT2D eigenvalue weighted by molar-refractivity contribution is 0.0525. The van der Waals surface area contributed by atoms with Crippen LogP contribution < -0.4 is 4.74 Å². The van der Waals surface area contributed by atoms with Crippen molar-refractivity contribution in [3.05, 3.63) is 50.8 Å². The maximum atomic E-state index is 12.9. The van der Waals surface area contributed by atoms with Gasteiger partial charge in [0.05, 0.1) is 29.5 Å². The van der Waals surface area contributed by atoms with Gasteiger partial charge in [0.1, 0.15) is 11.6 Å². The number of halogens is 1. The minimum absolute atomic E-state index is 0.0310. The number of Topliss-reactive ketones (excluding diaryl/α,β-unsaturated/α-hetero) is 1. The van der Waals surface area contributed by atoms with E-state index in [4.69, 9.17) is 21.1 Å². The number of benzene rings is 1. The number of hydrogen-bond acceptors (Lipinski definition) is 6. The molecule has 0 aliphatic rings. The summed E-state index contributed by atoms with van der Waals surface area (Å²) < 4.78 is 10.3. The predicted octanol–water partition coefficient (Wildman–Crippen LogP) is 4.36. The molecule has 0 amide bonds. The highest BCUT2D eigenvalue weighted by atomic mass is 35.5. The summed E-state index contributed by atoms with van der Waals surface area (Å²) in [7, 11) is 0. The fourth-order valence-corrected chi connectivity index (χ4v) is 3.10. The number of nitrogens with one attached hydrogen (secondary N) is 1. The summed E-state index contributed by atoms with van der Waals surface area (Å²) in [5.74, 6) is -1.18. The molecule has 0 atom stereocenters. The first-order chi connectivity index (χ1) is 13.7. The Labute approximate surface area is 173 Å². The van der Waals surface area contributed by atoms with Crippen LogP contribution in [0.3, 0.4) is 0 Å². The smallest absolute Gasteiger partial charge is 0.340 e. The summed E-state index contributed by atoms with van der Waals surface area (Å²) in [5, 5.41) is 19.5. The molecule has 1 aromatic heterocycles. The number of phenols is 1. The number of ether oxygens (including phenoxy) is 2. The van der Waals surface area contributed by atoms with Crippen LogP contribution in [0.25, 0.3) is 6.08 Å². The number of esters is 1. The van der Waals surface area contributed by atoms with Crippen LogP contribution in [0.4, 0.5) is 0 Å². The van der Waals surface area contributed by atoms with Crippen molar-refractivity contribution in [3.8, 4) is 17.6 Å². The molecule has 1 aromatic carbocycles. The average Bonchev–Trinajstić information content (AvgIpc) is 2.97. The Bertz CT molecular complexity index is 1030. The van der Waals surface area contributed by atoms with Crippen LogP contribution in [0.5, 0.6) is 11.5 Å². The topological polar surface area (TPSA) is 112 Å². The van der Waals surface area contributed by atoms with Gasteiger partial charge >= 0.3 is 5.97 Å². The van der Waals surface area contributed by atoms with Crippen LogP contribution in [-0.4, -0.2) is 35.1 Å². The number of rotatable bonds is 7. The molecule has 2 N–H and O–H groups in total. The quantitative estimate of drug-likeness (QED) is 0.300. The van der Waals surface area contributed by atoms with E-state index in [9.17, 15) is 20.0 Å². The van der Waals surface area contributed by atoms with Gasteiger partial charge in [-0.3, -0.25) is 4.79 Å². The summed E-state index contributed by atoms with van der Waals surface area (Å²) in [5.41, 5.74) is 1.53. The summed E-state index contributed by atoms with van der Waals surface area (Å²) in [4.78, 5) is 27.9. The van der Waals surface area contributed by atoms with E-state index in [-0.39, 0.29) is 40.0 Å². The van der Waals surface area contributed by atoms with Gasteiger partial charge in [0, 0.05) is 5.69 Å². The number of nitriles is 1. The van der Waals surface area contributed by atoms with E-state index in [0.29, 0.717) is 23.4 Å². The zero-order valence-electron chi connectivity index (χ0n) is 16.6. The van der Waals surface area contributed by atoms with E-state index in [1.165, 1.54) is 18.2 Å². The van der Waals surface area contributed by atoms with Crippen molar-refractivity contribution in [2.24, 2.45) is 0 Å². The standard InChI is InChI=1S/C21H21ClN2O5/c1-5-28-16-9-13(8-15(22)20(16)26)7-14(10-23)19(25)18-11(3)17(12(4)24-18)21(27)29-6-2/h7-9,24,26H,5-6H2,1-4H3/b14-7+. The molecular formula is C21H21ClN2O5. The Hall–Kier alpha value is -3.24. The third-order valence-electron chi connectivity index (χ3n) is 4.17. The molecule has 0 aliphatic carbocycles. The first-order valence-corrected chi connectivity index (χ1v) is 9.30. The lowest BCUT2D eigenvalue weighted by atomic mass is 10.0. The monoisotopic (exact) mass is 416 g/mol. The molecule has 0 radical (unpaired) electrons. The van der Waals surface area contributed by atoms with Crippen LogP contribution in [0.1, 0.15) is 51.5 Å². The zero-order chi connectivity index (χ0) is 21.7. The number of allylic oxidation sites excluding steroid dienone is 1. The summed E-state index contributed by atoms with van der Waals surface area (Å²) in [6, 6.07) is 4.77. The van der Waals surface area contributed by atoms with E-state index in [2.05, 4.69) is 4.98 Å². The second-order valence-corrected chi connectivity index (χ2v) is 6.53. The Morgan fingerprint density at radius 3 is 2.55 bits per heavy atom. The summed E-state index contributed by atoms with van der Waals surface area (Å²) in [6.07, 6.45) is 1.34. The van der Waals surface area contributed by atoms with Gasteiger partial charge in [-0.15, -0.1) is 0 Å². The van der Waals surface area contributed by atoms with Crippen molar-refractivity contribution in [1.29, 1.82) is 5.26 Å².